The van der Waals surface area contributed by atoms with E-state index in [1.807, 2.05) is 0 Å². The van der Waals surface area contributed by atoms with E-state index in [9.17, 15) is 0 Å². The lowest BCUT2D eigenvalue weighted by atomic mass is 9.90. The van der Waals surface area contributed by atoms with Crippen LogP contribution in [0.3, 0.4) is 0 Å². The van der Waals surface area contributed by atoms with Crippen LogP contribution in [-0.2, 0) is 6.42 Å². The number of hydrogen-bond acceptors (Lipinski definition) is 1. The van der Waals surface area contributed by atoms with Crippen molar-refractivity contribution >= 4 is 49.8 Å². The Hall–Kier alpha value is -5.40. The molecule has 0 spiro atoms. The molecule has 1 aliphatic rings. The largest absolute Gasteiger partial charge is 0.318 e. The summed E-state index contributed by atoms with van der Waals surface area (Å²) in [7, 11) is 0. The SMILES string of the molecule is C/C=C/N(c1ccc(-c2ccc3ccc4c(c3c2)C=CCC4)cc1)c1ccc(-c2ccc3ccc4ccccc4c3c2)cc1. The molecule has 7 aromatic carbocycles. The third-order valence-corrected chi connectivity index (χ3v) is 9.02. The highest BCUT2D eigenvalue weighted by Crippen LogP contribution is 2.35. The van der Waals surface area contributed by atoms with E-state index in [0.717, 1.165) is 24.2 Å². The van der Waals surface area contributed by atoms with Crippen LogP contribution in [-0.4, -0.2) is 0 Å². The van der Waals surface area contributed by atoms with E-state index in [0.29, 0.717) is 0 Å². The fourth-order valence-corrected chi connectivity index (χ4v) is 6.70. The van der Waals surface area contributed by atoms with Crippen LogP contribution in [0.2, 0.25) is 0 Å². The molecule has 0 amide bonds. The van der Waals surface area contributed by atoms with E-state index in [2.05, 4.69) is 170 Å². The zero-order valence-corrected chi connectivity index (χ0v) is 24.9. The number of anilines is 2. The van der Waals surface area contributed by atoms with E-state index in [1.165, 1.54) is 65.7 Å². The number of nitrogens with zero attached hydrogens (tertiary/aromatic N) is 1. The van der Waals surface area contributed by atoms with E-state index >= 15 is 0 Å². The van der Waals surface area contributed by atoms with Gasteiger partial charge in [-0.15, -0.1) is 0 Å². The predicted octanol–water partition coefficient (Wildman–Crippen LogP) is 12.1. The highest BCUT2D eigenvalue weighted by Gasteiger charge is 2.12. The first-order valence-electron chi connectivity index (χ1n) is 15.5. The summed E-state index contributed by atoms with van der Waals surface area (Å²) in [5, 5.41) is 7.78. The summed E-state index contributed by atoms with van der Waals surface area (Å²) in [4.78, 5) is 2.25. The van der Waals surface area contributed by atoms with Gasteiger partial charge in [0.1, 0.15) is 0 Å². The van der Waals surface area contributed by atoms with E-state index in [-0.39, 0.29) is 0 Å². The maximum absolute atomic E-state index is 2.36. The highest BCUT2D eigenvalue weighted by atomic mass is 15.1. The molecule has 0 aromatic heterocycles. The van der Waals surface area contributed by atoms with Crippen molar-refractivity contribution in [2.75, 3.05) is 4.90 Å². The normalized spacial score (nSPS) is 12.8. The Morgan fingerprint density at radius 3 is 1.75 bits per heavy atom. The molecule has 0 unspecified atom stereocenters. The molecule has 0 saturated heterocycles. The monoisotopic (exact) mass is 563 g/mol. The van der Waals surface area contributed by atoms with Crippen molar-refractivity contribution in [2.24, 2.45) is 0 Å². The second kappa shape index (κ2) is 11.0. The summed E-state index contributed by atoms with van der Waals surface area (Å²) in [5.74, 6) is 0. The third-order valence-electron chi connectivity index (χ3n) is 9.02. The van der Waals surface area contributed by atoms with E-state index in [1.54, 1.807) is 0 Å². The molecule has 1 heteroatoms. The zero-order chi connectivity index (χ0) is 29.5. The molecule has 210 valence electrons. The summed E-state index contributed by atoms with van der Waals surface area (Å²) in [5.41, 5.74) is 10.0. The smallest absolute Gasteiger partial charge is 0.0455 e. The van der Waals surface area contributed by atoms with Gasteiger partial charge in [-0.2, -0.15) is 0 Å². The topological polar surface area (TPSA) is 3.24 Å². The van der Waals surface area contributed by atoms with Crippen molar-refractivity contribution in [3.63, 3.8) is 0 Å². The molecule has 0 heterocycles. The molecule has 44 heavy (non-hydrogen) atoms. The third kappa shape index (κ3) is 4.68. The lowest BCUT2D eigenvalue weighted by molar-refractivity contribution is 0.990. The highest BCUT2D eigenvalue weighted by molar-refractivity contribution is 6.08. The Balaban J connectivity index is 1.09. The van der Waals surface area contributed by atoms with Crippen LogP contribution in [0.25, 0.3) is 60.6 Å². The van der Waals surface area contributed by atoms with Crippen LogP contribution in [0, 0.1) is 0 Å². The van der Waals surface area contributed by atoms with Crippen molar-refractivity contribution in [1.29, 1.82) is 0 Å². The van der Waals surface area contributed by atoms with Crippen LogP contribution in [0.5, 0.6) is 0 Å². The van der Waals surface area contributed by atoms with Crippen LogP contribution in [0.4, 0.5) is 11.4 Å². The summed E-state index contributed by atoms with van der Waals surface area (Å²) < 4.78 is 0. The summed E-state index contributed by atoms with van der Waals surface area (Å²) in [6, 6.07) is 49.1. The number of fused-ring (bicyclic) bond motifs is 6. The van der Waals surface area contributed by atoms with Crippen LogP contribution in [0.15, 0.2) is 152 Å². The minimum atomic E-state index is 1.13. The summed E-state index contributed by atoms with van der Waals surface area (Å²) >= 11 is 0. The van der Waals surface area contributed by atoms with Crippen LogP contribution >= 0.6 is 0 Å². The molecule has 0 fully saturated rings. The Bertz CT molecular complexity index is 2220. The molecule has 0 bridgehead atoms. The number of aryl methyl sites for hydroxylation is 1. The lowest BCUT2D eigenvalue weighted by Crippen LogP contribution is -2.08. The van der Waals surface area contributed by atoms with Crippen LogP contribution < -0.4 is 4.90 Å². The van der Waals surface area contributed by atoms with Gasteiger partial charge in [-0.25, -0.2) is 0 Å². The van der Waals surface area contributed by atoms with Gasteiger partial charge in [0.05, 0.1) is 0 Å². The molecular formula is C43H33N. The van der Waals surface area contributed by atoms with Crippen LogP contribution in [0.1, 0.15) is 24.5 Å². The maximum atomic E-state index is 2.36. The van der Waals surface area contributed by atoms with Gasteiger partial charge in [-0.1, -0.05) is 115 Å². The van der Waals surface area contributed by atoms with Crippen molar-refractivity contribution in [1.82, 2.24) is 0 Å². The van der Waals surface area contributed by atoms with Gasteiger partial charge < -0.3 is 4.90 Å². The fraction of sp³-hybridized carbons (Fsp3) is 0.0698. The van der Waals surface area contributed by atoms with Gasteiger partial charge in [0.2, 0.25) is 0 Å². The van der Waals surface area contributed by atoms with Crippen molar-refractivity contribution in [3.8, 4) is 22.3 Å². The second-order valence-electron chi connectivity index (χ2n) is 11.7. The lowest BCUT2D eigenvalue weighted by Gasteiger charge is -2.22. The number of hydrogen-bond donors (Lipinski definition) is 0. The fourth-order valence-electron chi connectivity index (χ4n) is 6.70. The Kier molecular flexibility index (Phi) is 6.57. The molecule has 0 atom stereocenters. The Morgan fingerprint density at radius 1 is 0.523 bits per heavy atom. The van der Waals surface area contributed by atoms with Crippen molar-refractivity contribution in [2.45, 2.75) is 19.8 Å². The number of rotatable bonds is 5. The Morgan fingerprint density at radius 2 is 1.07 bits per heavy atom. The zero-order valence-electron chi connectivity index (χ0n) is 24.9. The van der Waals surface area contributed by atoms with Gasteiger partial charge in [0, 0.05) is 17.6 Å². The van der Waals surface area contributed by atoms with Gasteiger partial charge in [-0.3, -0.25) is 0 Å². The summed E-state index contributed by atoms with van der Waals surface area (Å²) in [6.45, 7) is 2.07. The minimum absolute atomic E-state index is 1.13. The van der Waals surface area contributed by atoms with E-state index in [4.69, 9.17) is 0 Å². The number of benzene rings is 7. The van der Waals surface area contributed by atoms with E-state index < -0.39 is 0 Å². The van der Waals surface area contributed by atoms with Crippen molar-refractivity contribution < 1.29 is 0 Å². The summed E-state index contributed by atoms with van der Waals surface area (Å²) in [6.07, 6.45) is 11.1. The second-order valence-corrected chi connectivity index (χ2v) is 11.7. The predicted molar refractivity (Wildman–Crippen MR) is 191 cm³/mol. The standard InChI is InChI=1S/C43H33N/c1-2-27-44(38-23-19-30(20-24-38)36-17-15-34-13-11-32-7-3-5-9-40(32)42(34)28-36)39-25-21-31(22-26-39)37-18-16-35-14-12-33-8-4-6-10-41(33)43(35)29-37/h2-3,5-7,9-29H,4,8H2,1H3/b27-2+. The minimum Gasteiger partial charge on any atom is -0.318 e. The van der Waals surface area contributed by atoms with Gasteiger partial charge in [0.25, 0.3) is 0 Å². The molecule has 0 aliphatic heterocycles. The average molecular weight is 564 g/mol. The average Bonchev–Trinajstić information content (AvgIpc) is 3.10. The first kappa shape index (κ1) is 26.2. The number of allylic oxidation sites excluding steroid dienone is 2. The Labute approximate surface area is 259 Å². The quantitative estimate of drug-likeness (QED) is 0.188. The van der Waals surface area contributed by atoms with Gasteiger partial charge in [0.15, 0.2) is 0 Å². The first-order chi connectivity index (χ1) is 21.7. The molecular weight excluding hydrogens is 530 g/mol. The van der Waals surface area contributed by atoms with Gasteiger partial charge >= 0.3 is 0 Å². The molecule has 1 aliphatic carbocycles. The molecule has 1 nitrogen and oxygen atoms in total. The molecule has 8 rings (SSSR count). The molecule has 7 aromatic rings. The van der Waals surface area contributed by atoms with Gasteiger partial charge in [-0.05, 0) is 122 Å². The first-order valence-corrected chi connectivity index (χ1v) is 15.5. The molecule has 0 radical (unpaired) electrons. The molecule has 0 saturated carbocycles. The van der Waals surface area contributed by atoms with Crippen molar-refractivity contribution in [3.05, 3.63) is 163 Å². The molecule has 0 N–H and O–H groups in total. The maximum Gasteiger partial charge on any atom is 0.0455 e.